The van der Waals surface area contributed by atoms with E-state index in [1.807, 2.05) is 18.2 Å². The highest BCUT2D eigenvalue weighted by Crippen LogP contribution is 2.40. The molecule has 0 aromatic heterocycles. The summed E-state index contributed by atoms with van der Waals surface area (Å²) in [7, 11) is 0. The summed E-state index contributed by atoms with van der Waals surface area (Å²) < 4.78 is 21.3. The molecule has 0 unspecified atom stereocenters. The smallest absolute Gasteiger partial charge is 0.338 e. The topological polar surface area (TPSA) is 112 Å². The zero-order valence-corrected chi connectivity index (χ0v) is 28.3. The molecule has 0 spiro atoms. The van der Waals surface area contributed by atoms with Crippen LogP contribution < -0.4 is 9.47 Å². The molecule has 0 bridgehead atoms. The highest BCUT2D eigenvalue weighted by molar-refractivity contribution is 6.33. The van der Waals surface area contributed by atoms with Crippen LogP contribution >= 0.6 is 11.6 Å². The third-order valence-electron chi connectivity index (χ3n) is 8.73. The lowest BCUT2D eigenvalue weighted by Crippen LogP contribution is -2.14. The van der Waals surface area contributed by atoms with Gasteiger partial charge in [-0.25, -0.2) is 9.59 Å². The van der Waals surface area contributed by atoms with Gasteiger partial charge < -0.3 is 29.2 Å². The lowest BCUT2D eigenvalue weighted by molar-refractivity contribution is -0.146. The van der Waals surface area contributed by atoms with E-state index in [9.17, 15) is 9.59 Å². The second-order valence-corrected chi connectivity index (χ2v) is 12.5. The normalized spacial score (nSPS) is 15.8. The van der Waals surface area contributed by atoms with E-state index in [1.165, 1.54) is 63.0 Å². The van der Waals surface area contributed by atoms with E-state index in [1.54, 1.807) is 12.1 Å². The fourth-order valence-electron chi connectivity index (χ4n) is 5.87. The summed E-state index contributed by atoms with van der Waals surface area (Å²) in [5.74, 6) is 0.496. The summed E-state index contributed by atoms with van der Waals surface area (Å²) in [6, 6.07) is 19.5. The number of esters is 2. The van der Waals surface area contributed by atoms with E-state index >= 15 is 0 Å². The van der Waals surface area contributed by atoms with Crippen molar-refractivity contribution in [2.24, 2.45) is 5.92 Å². The third-order valence-corrected chi connectivity index (χ3v) is 9.04. The van der Waals surface area contributed by atoms with E-state index in [4.69, 9.17) is 40.8 Å². The van der Waals surface area contributed by atoms with Gasteiger partial charge in [0.2, 0.25) is 13.6 Å². The maximum Gasteiger partial charge on any atom is 0.338 e. The van der Waals surface area contributed by atoms with E-state index < -0.39 is 38.7 Å². The van der Waals surface area contributed by atoms with Gasteiger partial charge in [0, 0.05) is 16.7 Å². The van der Waals surface area contributed by atoms with Crippen LogP contribution in [0.4, 0.5) is 0 Å². The Morgan fingerprint density at radius 1 is 0.750 bits per heavy atom. The van der Waals surface area contributed by atoms with Crippen molar-refractivity contribution in [1.82, 2.24) is 0 Å². The van der Waals surface area contributed by atoms with E-state index in [2.05, 4.69) is 44.3 Å². The molecule has 48 heavy (non-hydrogen) atoms. The molecule has 0 heterocycles. The first kappa shape index (κ1) is 36.7. The summed E-state index contributed by atoms with van der Waals surface area (Å²) >= 11 is 6.84. The van der Waals surface area contributed by atoms with Gasteiger partial charge >= 0.3 is 11.9 Å². The summed E-state index contributed by atoms with van der Waals surface area (Å²) in [4.78, 5) is 23.7. The molecular weight excluding hydrogens is 632 g/mol. The van der Waals surface area contributed by atoms with Gasteiger partial charge in [-0.1, -0.05) is 93.8 Å². The molecule has 0 amide bonds. The van der Waals surface area contributed by atoms with Crippen LogP contribution in [0, 0.1) is 5.92 Å². The predicted octanol–water partition coefficient (Wildman–Crippen LogP) is 8.38. The van der Waals surface area contributed by atoms with Gasteiger partial charge in [-0.15, -0.1) is 0 Å². The van der Waals surface area contributed by atoms with Crippen LogP contribution in [0.5, 0.6) is 11.5 Å². The molecule has 1 fully saturated rings. The Labute approximate surface area is 287 Å². The van der Waals surface area contributed by atoms with Crippen LogP contribution in [-0.4, -0.2) is 49.0 Å². The van der Waals surface area contributed by atoms with Gasteiger partial charge in [0.25, 0.3) is 0 Å². The number of hydrogen-bond acceptors (Lipinski definition) is 8. The largest absolute Gasteiger partial charge is 0.457 e. The first-order chi connectivity index (χ1) is 23.2. The van der Waals surface area contributed by atoms with Crippen LogP contribution in [0.15, 0.2) is 85.0 Å². The Morgan fingerprint density at radius 3 is 1.83 bits per heavy atom. The van der Waals surface area contributed by atoms with Crippen LogP contribution in [0.1, 0.15) is 69.8 Å². The lowest BCUT2D eigenvalue weighted by Gasteiger charge is -2.29. The molecule has 4 rings (SSSR count). The summed E-state index contributed by atoms with van der Waals surface area (Å²) in [5, 5.41) is 18.7. The third kappa shape index (κ3) is 10.4. The minimum Gasteiger partial charge on any atom is -0.457 e. The van der Waals surface area contributed by atoms with Crippen molar-refractivity contribution in [3.8, 4) is 33.8 Å². The fourth-order valence-corrected chi connectivity index (χ4v) is 6.16. The average molecular weight is 677 g/mol. The second kappa shape index (κ2) is 18.4. The molecule has 0 saturated heterocycles. The van der Waals surface area contributed by atoms with E-state index in [0.717, 1.165) is 22.6 Å². The Kier molecular flexibility index (Phi) is 14.1. The SMILES string of the molecule is C=C(CO)C(=O)OCOc1cc(OCOC(=O)C(=C)CO)cc(-c2ccc(-c3ccc(C4CCC(CCCCC)CC4)cc3)c(Cl)c2)c1. The molecule has 0 aliphatic heterocycles. The van der Waals surface area contributed by atoms with Crippen LogP contribution in [0.2, 0.25) is 5.02 Å². The number of halogens is 1. The van der Waals surface area contributed by atoms with Crippen molar-refractivity contribution in [2.45, 2.75) is 64.2 Å². The molecule has 1 aliphatic carbocycles. The first-order valence-corrected chi connectivity index (χ1v) is 16.8. The number of hydrogen-bond donors (Lipinski definition) is 2. The minimum atomic E-state index is -0.790. The van der Waals surface area contributed by atoms with Crippen molar-refractivity contribution in [3.05, 3.63) is 95.6 Å². The van der Waals surface area contributed by atoms with Crippen molar-refractivity contribution < 1.29 is 38.7 Å². The summed E-state index contributed by atoms with van der Waals surface area (Å²) in [5.41, 5.74) is 4.56. The Balaban J connectivity index is 1.47. The fraction of sp³-hybridized carbons (Fsp3) is 0.385. The minimum absolute atomic E-state index is 0.104. The maximum atomic E-state index is 11.9. The number of aliphatic hydroxyl groups is 2. The molecule has 9 heteroatoms. The van der Waals surface area contributed by atoms with Gasteiger partial charge in [-0.05, 0) is 78.0 Å². The van der Waals surface area contributed by atoms with Gasteiger partial charge in [0.05, 0.1) is 24.4 Å². The number of rotatable bonds is 17. The maximum absolute atomic E-state index is 11.9. The predicted molar refractivity (Wildman–Crippen MR) is 187 cm³/mol. The van der Waals surface area contributed by atoms with Gasteiger partial charge in [-0.2, -0.15) is 0 Å². The molecule has 3 aromatic rings. The van der Waals surface area contributed by atoms with Gasteiger partial charge in [0.1, 0.15) is 11.5 Å². The van der Waals surface area contributed by atoms with Crippen LogP contribution in [0.25, 0.3) is 22.3 Å². The quantitative estimate of drug-likeness (QED) is 0.0635. The van der Waals surface area contributed by atoms with Crippen molar-refractivity contribution in [3.63, 3.8) is 0 Å². The molecule has 1 aliphatic rings. The number of carbonyl (C=O) groups excluding carboxylic acids is 2. The number of ether oxygens (including phenoxy) is 4. The van der Waals surface area contributed by atoms with Crippen LogP contribution in [0.3, 0.4) is 0 Å². The average Bonchev–Trinajstić information content (AvgIpc) is 3.11. The second-order valence-electron chi connectivity index (χ2n) is 12.1. The number of unbranched alkanes of at least 4 members (excludes halogenated alkanes) is 2. The van der Waals surface area contributed by atoms with Crippen molar-refractivity contribution >= 4 is 23.5 Å². The zero-order valence-electron chi connectivity index (χ0n) is 27.5. The monoisotopic (exact) mass is 676 g/mol. The number of carbonyl (C=O) groups is 2. The van der Waals surface area contributed by atoms with Crippen molar-refractivity contribution in [2.75, 3.05) is 26.8 Å². The van der Waals surface area contributed by atoms with Crippen LogP contribution in [-0.2, 0) is 19.1 Å². The van der Waals surface area contributed by atoms with E-state index in [-0.39, 0.29) is 11.1 Å². The summed E-state index contributed by atoms with van der Waals surface area (Å²) in [6.07, 6.45) is 10.5. The molecule has 0 atom stereocenters. The Bertz CT molecular complexity index is 1500. The molecule has 256 valence electrons. The zero-order chi connectivity index (χ0) is 34.5. The molecule has 2 N–H and O–H groups in total. The van der Waals surface area contributed by atoms with Gasteiger partial charge in [0.15, 0.2) is 0 Å². The lowest BCUT2D eigenvalue weighted by atomic mass is 9.77. The number of benzene rings is 3. The van der Waals surface area contributed by atoms with Gasteiger partial charge in [-0.3, -0.25) is 0 Å². The molecule has 0 radical (unpaired) electrons. The standard InChI is InChI=1S/C39H45ClO8/c1-4-5-6-7-28-8-10-29(11-9-28)30-12-14-31(15-13-30)36-17-16-32(20-37(36)40)33-18-34(45-24-47-38(43)26(2)22-41)21-35(19-33)46-25-48-39(44)27(3)23-42/h12-21,28-29,41-42H,2-11,22-25H2,1H3. The molecular formula is C39H45ClO8. The number of aliphatic hydroxyl groups excluding tert-OH is 2. The molecule has 1 saturated carbocycles. The summed E-state index contributed by atoms with van der Waals surface area (Å²) in [6.45, 7) is 7.18. The molecule has 3 aromatic carbocycles. The Morgan fingerprint density at radius 2 is 1.31 bits per heavy atom. The highest BCUT2D eigenvalue weighted by Gasteiger charge is 2.22. The first-order valence-electron chi connectivity index (χ1n) is 16.4. The van der Waals surface area contributed by atoms with Crippen molar-refractivity contribution in [1.29, 1.82) is 0 Å². The van der Waals surface area contributed by atoms with E-state index in [0.29, 0.717) is 28.0 Å². The highest BCUT2D eigenvalue weighted by atomic mass is 35.5. The molecule has 8 nitrogen and oxygen atoms in total. The Hall–Kier alpha value is -4.11.